The van der Waals surface area contributed by atoms with Crippen LogP contribution in [0.1, 0.15) is 21.3 Å². The smallest absolute Gasteiger partial charge is 0.330 e. The molecule has 4 heteroatoms. The number of carboxylic acid groups (broad SMARTS) is 1. The van der Waals surface area contributed by atoms with Gasteiger partial charge >= 0.3 is 11.9 Å². The summed E-state index contributed by atoms with van der Waals surface area (Å²) in [7, 11) is 0. The van der Waals surface area contributed by atoms with Crippen LogP contribution in [0.25, 0.3) is 0 Å². The van der Waals surface area contributed by atoms with E-state index in [1.54, 1.807) is 0 Å². The summed E-state index contributed by atoms with van der Waals surface area (Å²) >= 11 is 0. The van der Waals surface area contributed by atoms with E-state index in [4.69, 9.17) is 5.11 Å². The van der Waals surface area contributed by atoms with Crippen molar-refractivity contribution in [2.24, 2.45) is 0 Å². The Balaban J connectivity index is -0.000000405. The van der Waals surface area contributed by atoms with Crippen molar-refractivity contribution < 1.29 is 19.4 Å². The predicted molar refractivity (Wildman–Crippen MR) is 46.9 cm³/mol. The maximum Gasteiger partial charge on any atom is 0.330 e. The normalized spacial score (nSPS) is 7.00. The molecule has 0 fully saturated rings. The molecule has 12 heavy (non-hydrogen) atoms. The Kier molecular flexibility index (Phi) is 13.7. The van der Waals surface area contributed by atoms with Gasteiger partial charge < -0.3 is 9.84 Å². The van der Waals surface area contributed by atoms with Gasteiger partial charge in [-0.05, 0) is 0 Å². The Morgan fingerprint density at radius 3 is 2.25 bits per heavy atom. The third-order valence-corrected chi connectivity index (χ3v) is 0.727. The predicted octanol–water partition coefficient (Wildman–Crippen LogP) is 1.46. The third kappa shape index (κ3) is 11.5. The first-order valence-electron chi connectivity index (χ1n) is 2.68. The standard InChI is InChI=1S/C6H8O4.2CH4/c1-2-6(9)10-4-3-5(7)8;;/h2H,1,3-4H2,(H,7,8);2*1H4. The average Bonchev–Trinajstić information content (AvgIpc) is 1.87. The fourth-order valence-corrected chi connectivity index (χ4v) is 0.298. The van der Waals surface area contributed by atoms with Crippen molar-refractivity contribution in [1.82, 2.24) is 0 Å². The zero-order valence-corrected chi connectivity index (χ0v) is 5.37. The minimum atomic E-state index is -0.989. The zero-order valence-electron chi connectivity index (χ0n) is 5.37. The van der Waals surface area contributed by atoms with Gasteiger partial charge in [0.15, 0.2) is 0 Å². The van der Waals surface area contributed by atoms with Crippen LogP contribution in [0, 0.1) is 0 Å². The summed E-state index contributed by atoms with van der Waals surface area (Å²) in [4.78, 5) is 20.1. The van der Waals surface area contributed by atoms with Gasteiger partial charge in [0.2, 0.25) is 0 Å². The molecule has 0 aromatic carbocycles. The lowest BCUT2D eigenvalue weighted by Crippen LogP contribution is -2.06. The number of carboxylic acids is 1. The van der Waals surface area contributed by atoms with E-state index in [0.29, 0.717) is 0 Å². The molecule has 0 atom stereocenters. The Hall–Kier alpha value is -1.32. The summed E-state index contributed by atoms with van der Waals surface area (Å²) in [6.07, 6.45) is 0.821. The quantitative estimate of drug-likeness (QED) is 0.520. The third-order valence-electron chi connectivity index (χ3n) is 0.727. The number of rotatable bonds is 4. The fourth-order valence-electron chi connectivity index (χ4n) is 0.298. The Morgan fingerprint density at radius 2 is 1.92 bits per heavy atom. The molecule has 0 unspecified atom stereocenters. The molecule has 0 radical (unpaired) electrons. The molecule has 0 rings (SSSR count). The van der Waals surface area contributed by atoms with Gasteiger partial charge in [-0.1, -0.05) is 21.4 Å². The van der Waals surface area contributed by atoms with Gasteiger partial charge in [0.25, 0.3) is 0 Å². The Morgan fingerprint density at radius 1 is 1.42 bits per heavy atom. The molecule has 0 aliphatic carbocycles. The van der Waals surface area contributed by atoms with Crippen LogP contribution < -0.4 is 0 Å². The molecule has 0 aliphatic rings. The lowest BCUT2D eigenvalue weighted by Gasteiger charge is -1.96. The second-order valence-corrected chi connectivity index (χ2v) is 1.52. The first kappa shape index (κ1) is 17.0. The number of carbonyl (C=O) groups excluding carboxylic acids is 1. The molecular formula is C8H16O4. The van der Waals surface area contributed by atoms with E-state index in [9.17, 15) is 9.59 Å². The number of carbonyl (C=O) groups is 2. The van der Waals surface area contributed by atoms with E-state index in [-0.39, 0.29) is 27.9 Å². The fraction of sp³-hybridized carbons (Fsp3) is 0.500. The van der Waals surface area contributed by atoms with Crippen LogP contribution in [0.3, 0.4) is 0 Å². The van der Waals surface area contributed by atoms with Gasteiger partial charge in [-0.3, -0.25) is 4.79 Å². The van der Waals surface area contributed by atoms with Crippen molar-refractivity contribution in [3.05, 3.63) is 12.7 Å². The second-order valence-electron chi connectivity index (χ2n) is 1.52. The topological polar surface area (TPSA) is 63.6 Å². The number of esters is 1. The van der Waals surface area contributed by atoms with Crippen LogP contribution in [0.2, 0.25) is 0 Å². The van der Waals surface area contributed by atoms with Gasteiger partial charge in [-0.25, -0.2) is 4.79 Å². The van der Waals surface area contributed by atoms with Crippen molar-refractivity contribution in [2.45, 2.75) is 21.3 Å². The summed E-state index contributed by atoms with van der Waals surface area (Å²) in [5.41, 5.74) is 0. The molecule has 0 heterocycles. The lowest BCUT2D eigenvalue weighted by molar-refractivity contribution is -0.142. The number of ether oxygens (including phenoxy) is 1. The van der Waals surface area contributed by atoms with Gasteiger partial charge in [-0.15, -0.1) is 0 Å². The molecule has 0 bridgehead atoms. The van der Waals surface area contributed by atoms with Crippen LogP contribution in [-0.4, -0.2) is 23.7 Å². The van der Waals surface area contributed by atoms with Crippen LogP contribution in [0.15, 0.2) is 12.7 Å². The molecule has 72 valence electrons. The van der Waals surface area contributed by atoms with E-state index in [0.717, 1.165) is 6.08 Å². The van der Waals surface area contributed by atoms with E-state index >= 15 is 0 Å². The zero-order chi connectivity index (χ0) is 7.98. The van der Waals surface area contributed by atoms with Crippen molar-refractivity contribution in [1.29, 1.82) is 0 Å². The molecule has 0 saturated carbocycles. The van der Waals surface area contributed by atoms with Crippen molar-refractivity contribution in [3.8, 4) is 0 Å². The van der Waals surface area contributed by atoms with Crippen LogP contribution in [-0.2, 0) is 14.3 Å². The molecule has 0 saturated heterocycles. The highest BCUT2D eigenvalue weighted by Gasteiger charge is 1.98. The van der Waals surface area contributed by atoms with E-state index < -0.39 is 11.9 Å². The van der Waals surface area contributed by atoms with E-state index in [1.165, 1.54) is 0 Å². The van der Waals surface area contributed by atoms with Crippen molar-refractivity contribution in [2.75, 3.05) is 6.61 Å². The lowest BCUT2D eigenvalue weighted by atomic mass is 10.5. The molecule has 0 aliphatic heterocycles. The van der Waals surface area contributed by atoms with Gasteiger partial charge in [0.1, 0.15) is 6.61 Å². The van der Waals surface area contributed by atoms with Crippen LogP contribution in [0.5, 0.6) is 0 Å². The monoisotopic (exact) mass is 176 g/mol. The second kappa shape index (κ2) is 9.68. The molecular weight excluding hydrogens is 160 g/mol. The largest absolute Gasteiger partial charge is 0.481 e. The number of hydrogen-bond acceptors (Lipinski definition) is 3. The molecule has 4 nitrogen and oxygen atoms in total. The highest BCUT2D eigenvalue weighted by Crippen LogP contribution is 1.83. The first-order valence-corrected chi connectivity index (χ1v) is 2.68. The number of aliphatic carboxylic acids is 1. The highest BCUT2D eigenvalue weighted by atomic mass is 16.5. The molecule has 0 aromatic heterocycles. The maximum atomic E-state index is 10.3. The maximum absolute atomic E-state index is 10.3. The number of hydrogen-bond donors (Lipinski definition) is 1. The summed E-state index contributed by atoms with van der Waals surface area (Å²) < 4.78 is 4.36. The summed E-state index contributed by atoms with van der Waals surface area (Å²) in [5.74, 6) is -1.59. The molecule has 1 N–H and O–H groups in total. The van der Waals surface area contributed by atoms with Crippen molar-refractivity contribution in [3.63, 3.8) is 0 Å². The Bertz CT molecular complexity index is 151. The minimum Gasteiger partial charge on any atom is -0.481 e. The summed E-state index contributed by atoms with van der Waals surface area (Å²) in [6, 6.07) is 0. The van der Waals surface area contributed by atoms with E-state index in [1.807, 2.05) is 0 Å². The molecule has 0 amide bonds. The van der Waals surface area contributed by atoms with E-state index in [2.05, 4.69) is 11.3 Å². The van der Waals surface area contributed by atoms with Crippen molar-refractivity contribution >= 4 is 11.9 Å². The van der Waals surface area contributed by atoms with Gasteiger partial charge in [0, 0.05) is 6.08 Å². The van der Waals surface area contributed by atoms with Crippen LogP contribution in [0.4, 0.5) is 0 Å². The SMILES string of the molecule is C.C.C=CC(=O)OCCC(=O)O. The van der Waals surface area contributed by atoms with Crippen LogP contribution >= 0.6 is 0 Å². The molecule has 0 aromatic rings. The Labute approximate surface area is 72.8 Å². The summed E-state index contributed by atoms with van der Waals surface area (Å²) in [5, 5.41) is 8.08. The summed E-state index contributed by atoms with van der Waals surface area (Å²) in [6.45, 7) is 3.04. The average molecular weight is 176 g/mol. The highest BCUT2D eigenvalue weighted by molar-refractivity contribution is 5.81. The first-order chi connectivity index (χ1) is 4.66. The minimum absolute atomic E-state index is 0. The van der Waals surface area contributed by atoms with Gasteiger partial charge in [-0.2, -0.15) is 0 Å². The molecule has 0 spiro atoms. The van der Waals surface area contributed by atoms with Gasteiger partial charge in [0.05, 0.1) is 6.42 Å².